The van der Waals surface area contributed by atoms with Crippen molar-refractivity contribution in [2.75, 3.05) is 0 Å². The lowest BCUT2D eigenvalue weighted by atomic mass is 10.2. The maximum atomic E-state index is 11.6. The molecule has 0 atom stereocenters. The molecule has 4 nitrogen and oxygen atoms in total. The molecule has 0 fully saturated rings. The van der Waals surface area contributed by atoms with Crippen LogP contribution in [0.2, 0.25) is 5.02 Å². The van der Waals surface area contributed by atoms with Gasteiger partial charge in [0, 0.05) is 23.0 Å². The largest absolute Gasteiger partial charge is 0.272 e. The zero-order chi connectivity index (χ0) is 12.8. The van der Waals surface area contributed by atoms with E-state index in [0.717, 1.165) is 5.56 Å². The molecule has 0 aliphatic rings. The number of aromatic nitrogens is 1. The predicted octanol–water partition coefficient (Wildman–Crippen LogP) is 2.50. The highest BCUT2D eigenvalue weighted by atomic mass is 35.5. The highest BCUT2D eigenvalue weighted by Gasteiger charge is 2.02. The molecule has 1 aromatic heterocycles. The first-order chi connectivity index (χ1) is 8.77. The topological polar surface area (TPSA) is 54.4 Å². The molecule has 0 aliphatic carbocycles. The smallest absolute Gasteiger partial charge is 0.267 e. The molecule has 0 radical (unpaired) electrons. The fourth-order valence-corrected chi connectivity index (χ4v) is 1.49. The first-order valence-electron chi connectivity index (χ1n) is 5.25. The average Bonchev–Trinajstić information content (AvgIpc) is 2.42. The molecule has 0 bridgehead atoms. The first kappa shape index (κ1) is 12.3. The standard InChI is InChI=1S/C13H10ClN3O/c14-12-6-2-1-4-10(12)9-16-17-13(18)11-5-3-7-15-8-11/h1-9H,(H,17,18)/b16-9-. The maximum Gasteiger partial charge on any atom is 0.272 e. The summed E-state index contributed by atoms with van der Waals surface area (Å²) in [7, 11) is 0. The number of hydrazone groups is 1. The van der Waals surface area contributed by atoms with Crippen LogP contribution in [0, 0.1) is 0 Å². The number of hydrogen-bond acceptors (Lipinski definition) is 3. The van der Waals surface area contributed by atoms with Crippen molar-refractivity contribution in [3.05, 3.63) is 64.9 Å². The van der Waals surface area contributed by atoms with Crippen molar-refractivity contribution in [3.63, 3.8) is 0 Å². The van der Waals surface area contributed by atoms with Crippen LogP contribution in [0.25, 0.3) is 0 Å². The molecule has 0 aliphatic heterocycles. The molecule has 0 spiro atoms. The van der Waals surface area contributed by atoms with Gasteiger partial charge in [-0.3, -0.25) is 9.78 Å². The number of pyridine rings is 1. The highest BCUT2D eigenvalue weighted by Crippen LogP contribution is 2.12. The number of nitrogens with one attached hydrogen (secondary N) is 1. The van der Waals surface area contributed by atoms with E-state index in [2.05, 4.69) is 15.5 Å². The molecular weight excluding hydrogens is 250 g/mol. The fourth-order valence-electron chi connectivity index (χ4n) is 1.30. The molecule has 1 aromatic carbocycles. The second-order valence-corrected chi connectivity index (χ2v) is 3.87. The summed E-state index contributed by atoms with van der Waals surface area (Å²) in [6.07, 6.45) is 4.57. The van der Waals surface area contributed by atoms with Gasteiger partial charge in [0.25, 0.3) is 5.91 Å². The van der Waals surface area contributed by atoms with Crippen molar-refractivity contribution >= 4 is 23.7 Å². The van der Waals surface area contributed by atoms with Crippen molar-refractivity contribution in [2.45, 2.75) is 0 Å². The molecule has 1 amide bonds. The molecule has 90 valence electrons. The normalized spacial score (nSPS) is 10.5. The zero-order valence-electron chi connectivity index (χ0n) is 9.38. The zero-order valence-corrected chi connectivity index (χ0v) is 10.1. The Hall–Kier alpha value is -2.20. The van der Waals surface area contributed by atoms with Gasteiger partial charge in [-0.05, 0) is 18.2 Å². The van der Waals surface area contributed by atoms with Crippen LogP contribution in [0.1, 0.15) is 15.9 Å². The molecule has 2 rings (SSSR count). The number of rotatable bonds is 3. The lowest BCUT2D eigenvalue weighted by Gasteiger charge is -1.99. The Balaban J connectivity index is 2.00. The predicted molar refractivity (Wildman–Crippen MR) is 70.7 cm³/mol. The van der Waals surface area contributed by atoms with Crippen molar-refractivity contribution in [3.8, 4) is 0 Å². The van der Waals surface area contributed by atoms with Crippen LogP contribution in [0.4, 0.5) is 0 Å². The average molecular weight is 260 g/mol. The lowest BCUT2D eigenvalue weighted by Crippen LogP contribution is -2.17. The van der Waals surface area contributed by atoms with Gasteiger partial charge in [0.2, 0.25) is 0 Å². The van der Waals surface area contributed by atoms with E-state index < -0.39 is 0 Å². The van der Waals surface area contributed by atoms with E-state index in [4.69, 9.17) is 11.6 Å². The second-order valence-electron chi connectivity index (χ2n) is 3.46. The van der Waals surface area contributed by atoms with Gasteiger partial charge in [-0.25, -0.2) is 5.43 Å². The van der Waals surface area contributed by atoms with Crippen molar-refractivity contribution in [1.29, 1.82) is 0 Å². The Morgan fingerprint density at radius 3 is 2.83 bits per heavy atom. The van der Waals surface area contributed by atoms with E-state index in [9.17, 15) is 4.79 Å². The molecule has 0 saturated carbocycles. The number of nitrogens with zero attached hydrogens (tertiary/aromatic N) is 2. The van der Waals surface area contributed by atoms with Crippen LogP contribution in [-0.2, 0) is 0 Å². The minimum atomic E-state index is -0.314. The SMILES string of the molecule is O=C(N/N=C\c1ccccc1Cl)c1cccnc1. The summed E-state index contributed by atoms with van der Waals surface area (Å²) in [6.45, 7) is 0. The van der Waals surface area contributed by atoms with E-state index in [1.54, 1.807) is 24.4 Å². The number of hydrogen-bond donors (Lipinski definition) is 1. The van der Waals surface area contributed by atoms with Gasteiger partial charge in [0.1, 0.15) is 0 Å². The fraction of sp³-hybridized carbons (Fsp3) is 0. The number of carbonyl (C=O) groups is 1. The van der Waals surface area contributed by atoms with Gasteiger partial charge < -0.3 is 0 Å². The molecule has 2 aromatic rings. The monoisotopic (exact) mass is 259 g/mol. The van der Waals surface area contributed by atoms with E-state index >= 15 is 0 Å². The van der Waals surface area contributed by atoms with E-state index in [-0.39, 0.29) is 5.91 Å². The van der Waals surface area contributed by atoms with Crippen LogP contribution in [0.15, 0.2) is 53.9 Å². The van der Waals surface area contributed by atoms with E-state index in [1.165, 1.54) is 12.4 Å². The second kappa shape index (κ2) is 5.93. The van der Waals surface area contributed by atoms with Crippen molar-refractivity contribution in [1.82, 2.24) is 10.4 Å². The molecule has 18 heavy (non-hydrogen) atoms. The number of benzene rings is 1. The summed E-state index contributed by atoms with van der Waals surface area (Å²) in [5, 5.41) is 4.42. The van der Waals surface area contributed by atoms with Crippen molar-refractivity contribution in [2.24, 2.45) is 5.10 Å². The van der Waals surface area contributed by atoms with Crippen LogP contribution in [0.3, 0.4) is 0 Å². The molecule has 5 heteroatoms. The molecular formula is C13H10ClN3O. The summed E-state index contributed by atoms with van der Waals surface area (Å²) in [5.74, 6) is -0.314. The van der Waals surface area contributed by atoms with Gasteiger partial charge in [-0.1, -0.05) is 29.8 Å². The third-order valence-corrected chi connectivity index (χ3v) is 2.54. The Bertz CT molecular complexity index is 569. The first-order valence-corrected chi connectivity index (χ1v) is 5.63. The molecule has 0 saturated heterocycles. The van der Waals surface area contributed by atoms with Crippen molar-refractivity contribution < 1.29 is 4.79 Å². The van der Waals surface area contributed by atoms with Gasteiger partial charge in [0.15, 0.2) is 0 Å². The van der Waals surface area contributed by atoms with Gasteiger partial charge in [0.05, 0.1) is 11.8 Å². The van der Waals surface area contributed by atoms with Crippen LogP contribution in [-0.4, -0.2) is 17.1 Å². The summed E-state index contributed by atoms with van der Waals surface area (Å²) >= 11 is 5.94. The van der Waals surface area contributed by atoms with Crippen LogP contribution >= 0.6 is 11.6 Å². The van der Waals surface area contributed by atoms with Gasteiger partial charge in [-0.2, -0.15) is 5.10 Å². The summed E-state index contributed by atoms with van der Waals surface area (Å²) < 4.78 is 0. The number of halogens is 1. The molecule has 0 unspecified atom stereocenters. The summed E-state index contributed by atoms with van der Waals surface area (Å²) in [4.78, 5) is 15.5. The molecule has 1 N–H and O–H groups in total. The molecule has 1 heterocycles. The van der Waals surface area contributed by atoms with Crippen LogP contribution < -0.4 is 5.43 Å². The van der Waals surface area contributed by atoms with E-state index in [0.29, 0.717) is 10.6 Å². The van der Waals surface area contributed by atoms with E-state index in [1.807, 2.05) is 18.2 Å². The maximum absolute atomic E-state index is 11.6. The Morgan fingerprint density at radius 2 is 2.11 bits per heavy atom. The Morgan fingerprint density at radius 1 is 1.28 bits per heavy atom. The van der Waals surface area contributed by atoms with Gasteiger partial charge in [-0.15, -0.1) is 0 Å². The van der Waals surface area contributed by atoms with Crippen LogP contribution in [0.5, 0.6) is 0 Å². The highest BCUT2D eigenvalue weighted by molar-refractivity contribution is 6.33. The minimum absolute atomic E-state index is 0.314. The summed E-state index contributed by atoms with van der Waals surface area (Å²) in [5.41, 5.74) is 3.60. The number of amides is 1. The Labute approximate surface area is 109 Å². The third kappa shape index (κ3) is 3.15. The lowest BCUT2D eigenvalue weighted by molar-refractivity contribution is 0.0955. The minimum Gasteiger partial charge on any atom is -0.267 e. The Kier molecular flexibility index (Phi) is 4.04. The quantitative estimate of drug-likeness (QED) is 0.680. The third-order valence-electron chi connectivity index (χ3n) is 2.20. The number of carbonyl (C=O) groups excluding carboxylic acids is 1. The summed E-state index contributed by atoms with van der Waals surface area (Å²) in [6, 6.07) is 10.6. The van der Waals surface area contributed by atoms with Gasteiger partial charge >= 0.3 is 0 Å².